The number of amides is 1. The highest BCUT2D eigenvalue weighted by Gasteiger charge is 2.14. The van der Waals surface area contributed by atoms with Crippen LogP contribution in [0.2, 0.25) is 0 Å². The Morgan fingerprint density at radius 3 is 2.58 bits per heavy atom. The van der Waals surface area contributed by atoms with Crippen LogP contribution in [-0.4, -0.2) is 26.4 Å². The average Bonchev–Trinajstić information content (AvgIpc) is 3.05. The van der Waals surface area contributed by atoms with Crippen LogP contribution in [0, 0.1) is 13.8 Å². The Kier molecular flexibility index (Phi) is 6.16. The summed E-state index contributed by atoms with van der Waals surface area (Å²) in [5.74, 6) is 0.122. The van der Waals surface area contributed by atoms with Crippen LogP contribution in [0.4, 0.5) is 5.69 Å². The van der Waals surface area contributed by atoms with E-state index in [2.05, 4.69) is 47.4 Å². The molecule has 0 saturated carbocycles. The highest BCUT2D eigenvalue weighted by Crippen LogP contribution is 2.32. The van der Waals surface area contributed by atoms with Gasteiger partial charge in [-0.3, -0.25) is 9.36 Å². The summed E-state index contributed by atoms with van der Waals surface area (Å²) in [7, 11) is 0. The molecule has 0 unspecified atom stereocenters. The number of para-hydroxylation sites is 1. The molecule has 2 aromatic carbocycles. The van der Waals surface area contributed by atoms with Gasteiger partial charge in [-0.25, -0.2) is 0 Å². The first kappa shape index (κ1) is 19.1. The molecule has 0 radical (unpaired) electrons. The molecule has 0 saturated heterocycles. The Labute approximate surface area is 172 Å². The van der Waals surface area contributed by atoms with Crippen molar-refractivity contribution in [2.75, 3.05) is 11.1 Å². The van der Waals surface area contributed by atoms with E-state index in [-0.39, 0.29) is 11.7 Å². The topological polar surface area (TPSA) is 59.8 Å². The number of anilines is 1. The number of halogens is 2. The fourth-order valence-electron chi connectivity index (χ4n) is 2.45. The minimum absolute atomic E-state index is 0.111. The zero-order chi connectivity index (χ0) is 18.7. The fourth-order valence-corrected chi connectivity index (χ4v) is 4.78. The molecule has 0 fully saturated rings. The lowest BCUT2D eigenvalue weighted by Crippen LogP contribution is -2.15. The van der Waals surface area contributed by atoms with Gasteiger partial charge in [0, 0.05) is 8.95 Å². The lowest BCUT2D eigenvalue weighted by atomic mass is 10.2. The van der Waals surface area contributed by atoms with Crippen molar-refractivity contribution in [1.82, 2.24) is 14.8 Å². The summed E-state index contributed by atoms with van der Waals surface area (Å²) in [6.45, 7) is 4.03. The van der Waals surface area contributed by atoms with Gasteiger partial charge in [0.2, 0.25) is 5.91 Å². The van der Waals surface area contributed by atoms with Crippen molar-refractivity contribution in [3.05, 3.63) is 62.8 Å². The van der Waals surface area contributed by atoms with E-state index >= 15 is 0 Å². The molecule has 1 heterocycles. The molecule has 1 aromatic heterocycles. The Hall–Kier alpha value is -1.64. The first-order chi connectivity index (χ1) is 12.5. The molecule has 3 aromatic rings. The van der Waals surface area contributed by atoms with Gasteiger partial charge in [0.25, 0.3) is 0 Å². The summed E-state index contributed by atoms with van der Waals surface area (Å²) in [6, 6.07) is 11.9. The Bertz CT molecular complexity index is 935. The van der Waals surface area contributed by atoms with E-state index < -0.39 is 0 Å². The minimum atomic E-state index is -0.111. The van der Waals surface area contributed by atoms with Crippen LogP contribution in [0.5, 0.6) is 0 Å². The number of hydrogen-bond donors (Lipinski definition) is 1. The van der Waals surface area contributed by atoms with Crippen molar-refractivity contribution in [2.45, 2.75) is 19.0 Å². The molecule has 8 heteroatoms. The predicted octanol–water partition coefficient (Wildman–Crippen LogP) is 5.14. The van der Waals surface area contributed by atoms with Gasteiger partial charge in [-0.1, -0.05) is 30.0 Å². The summed E-state index contributed by atoms with van der Waals surface area (Å²) in [5, 5.41) is 11.7. The highest BCUT2D eigenvalue weighted by molar-refractivity contribution is 9.11. The summed E-state index contributed by atoms with van der Waals surface area (Å²) in [5.41, 5.74) is 3.94. The SMILES string of the molecule is Cc1cc(Br)c(NC(=O)CSc2nncn2-c2ccccc2C)c(Br)c1. The van der Waals surface area contributed by atoms with Gasteiger partial charge in [-0.2, -0.15) is 0 Å². The molecule has 3 rings (SSSR count). The van der Waals surface area contributed by atoms with E-state index in [1.165, 1.54) is 11.8 Å². The number of thioether (sulfide) groups is 1. The van der Waals surface area contributed by atoms with E-state index in [9.17, 15) is 4.79 Å². The molecule has 1 amide bonds. The number of aryl methyl sites for hydroxylation is 2. The molecule has 134 valence electrons. The van der Waals surface area contributed by atoms with Gasteiger partial charge in [-0.05, 0) is 75.0 Å². The summed E-state index contributed by atoms with van der Waals surface area (Å²) >= 11 is 8.32. The third-order valence-corrected chi connectivity index (χ3v) is 5.87. The second-order valence-corrected chi connectivity index (χ2v) is 8.36. The van der Waals surface area contributed by atoms with Crippen molar-refractivity contribution in [3.63, 3.8) is 0 Å². The number of carbonyl (C=O) groups excluding carboxylic acids is 1. The molecule has 0 spiro atoms. The molecular formula is C18H16Br2N4OS. The number of aromatic nitrogens is 3. The predicted molar refractivity (Wildman–Crippen MR) is 112 cm³/mol. The monoisotopic (exact) mass is 494 g/mol. The Balaban J connectivity index is 1.70. The fraction of sp³-hybridized carbons (Fsp3) is 0.167. The van der Waals surface area contributed by atoms with Gasteiger partial charge in [0.05, 0.1) is 17.1 Å². The van der Waals surface area contributed by atoms with Gasteiger partial charge in [-0.15, -0.1) is 10.2 Å². The smallest absolute Gasteiger partial charge is 0.234 e. The van der Waals surface area contributed by atoms with Crippen LogP contribution in [0.1, 0.15) is 11.1 Å². The maximum absolute atomic E-state index is 12.4. The van der Waals surface area contributed by atoms with Gasteiger partial charge in [0.1, 0.15) is 6.33 Å². The maximum atomic E-state index is 12.4. The van der Waals surface area contributed by atoms with Crippen molar-refractivity contribution >= 4 is 55.2 Å². The van der Waals surface area contributed by atoms with Crippen LogP contribution in [-0.2, 0) is 4.79 Å². The number of nitrogens with one attached hydrogen (secondary N) is 1. The van der Waals surface area contributed by atoms with Gasteiger partial charge >= 0.3 is 0 Å². The molecule has 1 N–H and O–H groups in total. The van der Waals surface area contributed by atoms with Crippen LogP contribution in [0.15, 0.2) is 56.8 Å². The summed E-state index contributed by atoms with van der Waals surface area (Å²) in [4.78, 5) is 12.4. The van der Waals surface area contributed by atoms with Crippen molar-refractivity contribution in [1.29, 1.82) is 0 Å². The lowest BCUT2D eigenvalue weighted by molar-refractivity contribution is -0.113. The van der Waals surface area contributed by atoms with Gasteiger partial charge < -0.3 is 5.32 Å². The molecule has 26 heavy (non-hydrogen) atoms. The van der Waals surface area contributed by atoms with E-state index in [1.807, 2.05) is 54.8 Å². The van der Waals surface area contributed by atoms with Gasteiger partial charge in [0.15, 0.2) is 5.16 Å². The molecular weight excluding hydrogens is 480 g/mol. The summed E-state index contributed by atoms with van der Waals surface area (Å²) < 4.78 is 3.57. The standard InChI is InChI=1S/C18H16Br2N4OS/c1-11-7-13(19)17(14(20)8-11)22-16(25)9-26-18-23-21-10-24(18)15-6-4-3-5-12(15)2/h3-8,10H,9H2,1-2H3,(H,22,25). The first-order valence-electron chi connectivity index (χ1n) is 7.80. The van der Waals surface area contributed by atoms with E-state index in [4.69, 9.17) is 0 Å². The van der Waals surface area contributed by atoms with E-state index in [0.29, 0.717) is 5.16 Å². The number of nitrogens with zero attached hydrogens (tertiary/aromatic N) is 3. The zero-order valence-electron chi connectivity index (χ0n) is 14.2. The number of rotatable bonds is 5. The molecule has 0 aliphatic carbocycles. The zero-order valence-corrected chi connectivity index (χ0v) is 18.2. The number of benzene rings is 2. The Morgan fingerprint density at radius 1 is 1.19 bits per heavy atom. The first-order valence-corrected chi connectivity index (χ1v) is 10.4. The second-order valence-electron chi connectivity index (χ2n) is 5.71. The number of hydrogen-bond acceptors (Lipinski definition) is 4. The van der Waals surface area contributed by atoms with Crippen molar-refractivity contribution in [2.24, 2.45) is 0 Å². The maximum Gasteiger partial charge on any atom is 0.234 e. The van der Waals surface area contributed by atoms with E-state index in [1.54, 1.807) is 6.33 Å². The molecule has 5 nitrogen and oxygen atoms in total. The molecule has 0 aliphatic rings. The molecule has 0 aliphatic heterocycles. The van der Waals surface area contributed by atoms with Crippen LogP contribution in [0.25, 0.3) is 5.69 Å². The largest absolute Gasteiger partial charge is 0.323 e. The lowest BCUT2D eigenvalue weighted by Gasteiger charge is -2.11. The van der Waals surface area contributed by atoms with Crippen LogP contribution >= 0.6 is 43.6 Å². The van der Waals surface area contributed by atoms with Crippen LogP contribution in [0.3, 0.4) is 0 Å². The van der Waals surface area contributed by atoms with Crippen molar-refractivity contribution in [3.8, 4) is 5.69 Å². The second kappa shape index (κ2) is 8.37. The normalized spacial score (nSPS) is 10.8. The third kappa shape index (κ3) is 4.36. The molecule has 0 bridgehead atoms. The summed E-state index contributed by atoms with van der Waals surface area (Å²) in [6.07, 6.45) is 1.66. The highest BCUT2D eigenvalue weighted by atomic mass is 79.9. The minimum Gasteiger partial charge on any atom is -0.323 e. The van der Waals surface area contributed by atoms with Crippen molar-refractivity contribution < 1.29 is 4.79 Å². The number of carbonyl (C=O) groups is 1. The Morgan fingerprint density at radius 2 is 1.88 bits per heavy atom. The quantitative estimate of drug-likeness (QED) is 0.498. The van der Waals surface area contributed by atoms with E-state index in [0.717, 1.165) is 31.4 Å². The van der Waals surface area contributed by atoms with Crippen LogP contribution < -0.4 is 5.32 Å². The average molecular weight is 496 g/mol. The third-order valence-electron chi connectivity index (χ3n) is 3.67. The molecule has 0 atom stereocenters.